The molecule has 0 amide bonds. The topological polar surface area (TPSA) is 19.9 Å². The van der Waals surface area contributed by atoms with E-state index in [4.69, 9.17) is 0 Å². The average Bonchev–Trinajstić information content (AvgIpc) is 2.26. The van der Waals surface area contributed by atoms with E-state index >= 15 is 0 Å². The van der Waals surface area contributed by atoms with E-state index < -0.39 is 0 Å². The highest BCUT2D eigenvalue weighted by molar-refractivity contribution is 5.83. The SMILES string of the molecule is [O]CCCc1ccc2cc(F)ccc2c1. The molecule has 2 aromatic rings. The molecule has 0 saturated carbocycles. The Hall–Kier alpha value is -1.41. The molecule has 0 aliphatic heterocycles. The molecule has 0 unspecified atom stereocenters. The van der Waals surface area contributed by atoms with Crippen LogP contribution in [0.3, 0.4) is 0 Å². The standard InChI is InChI=1S/C13H12FO/c14-13-6-5-11-8-10(2-1-7-15)3-4-12(11)9-13/h3-6,8-9H,1-2,7H2. The molecule has 15 heavy (non-hydrogen) atoms. The van der Waals surface area contributed by atoms with Crippen molar-refractivity contribution in [3.05, 3.63) is 47.8 Å². The van der Waals surface area contributed by atoms with Gasteiger partial charge in [0.15, 0.2) is 0 Å². The van der Waals surface area contributed by atoms with Crippen molar-refractivity contribution in [3.8, 4) is 0 Å². The second kappa shape index (κ2) is 4.41. The van der Waals surface area contributed by atoms with Crippen LogP contribution in [-0.2, 0) is 11.5 Å². The van der Waals surface area contributed by atoms with Gasteiger partial charge in [0, 0.05) is 0 Å². The lowest BCUT2D eigenvalue weighted by Gasteiger charge is -2.02. The first-order valence-corrected chi connectivity index (χ1v) is 5.06. The molecular formula is C13H12FO. The van der Waals surface area contributed by atoms with Crippen LogP contribution < -0.4 is 0 Å². The summed E-state index contributed by atoms with van der Waals surface area (Å²) in [5.41, 5.74) is 1.14. The fourth-order valence-corrected chi connectivity index (χ4v) is 1.70. The number of hydrogen-bond donors (Lipinski definition) is 0. The third-order valence-corrected chi connectivity index (χ3v) is 2.48. The Balaban J connectivity index is 2.34. The molecule has 0 N–H and O–H groups in total. The van der Waals surface area contributed by atoms with Crippen LogP contribution in [0.15, 0.2) is 36.4 Å². The number of fused-ring (bicyclic) bond motifs is 1. The summed E-state index contributed by atoms with van der Waals surface area (Å²) in [5.74, 6) is -0.213. The van der Waals surface area contributed by atoms with Gasteiger partial charge in [-0.15, -0.1) is 0 Å². The van der Waals surface area contributed by atoms with Crippen LogP contribution in [0.2, 0.25) is 0 Å². The third kappa shape index (κ3) is 2.34. The molecule has 0 heterocycles. The van der Waals surface area contributed by atoms with Gasteiger partial charge in [-0.2, -0.15) is 0 Å². The molecule has 2 rings (SSSR count). The summed E-state index contributed by atoms with van der Waals surface area (Å²) < 4.78 is 12.9. The van der Waals surface area contributed by atoms with Crippen LogP contribution in [0.25, 0.3) is 10.8 Å². The molecule has 0 saturated heterocycles. The second-order valence-electron chi connectivity index (χ2n) is 3.63. The van der Waals surface area contributed by atoms with Gasteiger partial charge < -0.3 is 0 Å². The van der Waals surface area contributed by atoms with E-state index in [0.717, 1.165) is 22.8 Å². The van der Waals surface area contributed by atoms with Crippen molar-refractivity contribution in [2.75, 3.05) is 6.61 Å². The number of aryl methyl sites for hydroxylation is 1. The largest absolute Gasteiger partial charge is 0.237 e. The Labute approximate surface area is 88.2 Å². The van der Waals surface area contributed by atoms with Crippen LogP contribution in [0, 0.1) is 5.82 Å². The Morgan fingerprint density at radius 3 is 2.53 bits per heavy atom. The Kier molecular flexibility index (Phi) is 2.97. The van der Waals surface area contributed by atoms with E-state index in [9.17, 15) is 9.50 Å². The lowest BCUT2D eigenvalue weighted by Crippen LogP contribution is -1.88. The van der Waals surface area contributed by atoms with Crippen LogP contribution >= 0.6 is 0 Å². The molecule has 2 heteroatoms. The maximum atomic E-state index is 12.9. The first-order valence-electron chi connectivity index (χ1n) is 5.06. The zero-order chi connectivity index (χ0) is 10.7. The van der Waals surface area contributed by atoms with E-state index in [1.54, 1.807) is 6.07 Å². The molecule has 0 aliphatic rings. The van der Waals surface area contributed by atoms with Gasteiger partial charge in [-0.25, -0.2) is 9.50 Å². The number of rotatable bonds is 3. The maximum absolute atomic E-state index is 12.9. The van der Waals surface area contributed by atoms with Gasteiger partial charge in [-0.05, 0) is 41.3 Å². The molecule has 0 spiro atoms. The minimum Gasteiger partial charge on any atom is -0.237 e. The maximum Gasteiger partial charge on any atom is 0.123 e. The van der Waals surface area contributed by atoms with Gasteiger partial charge in [0.2, 0.25) is 0 Å². The predicted molar refractivity (Wildman–Crippen MR) is 57.8 cm³/mol. The number of halogens is 1. The molecule has 0 fully saturated rings. The van der Waals surface area contributed by atoms with Crippen LogP contribution in [0.4, 0.5) is 4.39 Å². The van der Waals surface area contributed by atoms with Gasteiger partial charge in [0.1, 0.15) is 5.82 Å². The molecule has 0 atom stereocenters. The predicted octanol–water partition coefficient (Wildman–Crippen LogP) is 3.34. The molecule has 0 bridgehead atoms. The second-order valence-corrected chi connectivity index (χ2v) is 3.63. The van der Waals surface area contributed by atoms with Crippen molar-refractivity contribution < 1.29 is 9.50 Å². The summed E-state index contributed by atoms with van der Waals surface area (Å²) in [6.45, 7) is -0.0402. The highest BCUT2D eigenvalue weighted by Crippen LogP contribution is 2.18. The zero-order valence-corrected chi connectivity index (χ0v) is 8.37. The van der Waals surface area contributed by atoms with Gasteiger partial charge in [-0.1, -0.05) is 24.3 Å². The summed E-state index contributed by atoms with van der Waals surface area (Å²) in [5, 5.41) is 12.3. The highest BCUT2D eigenvalue weighted by atomic mass is 19.1. The van der Waals surface area contributed by atoms with E-state index in [-0.39, 0.29) is 12.4 Å². The summed E-state index contributed by atoms with van der Waals surface area (Å²) in [7, 11) is 0. The van der Waals surface area contributed by atoms with Crippen molar-refractivity contribution in [1.82, 2.24) is 0 Å². The first-order chi connectivity index (χ1) is 7.29. The Morgan fingerprint density at radius 2 is 1.73 bits per heavy atom. The van der Waals surface area contributed by atoms with Gasteiger partial charge in [-0.3, -0.25) is 0 Å². The minimum atomic E-state index is -0.213. The van der Waals surface area contributed by atoms with Crippen molar-refractivity contribution in [2.45, 2.75) is 12.8 Å². The summed E-state index contributed by atoms with van der Waals surface area (Å²) in [4.78, 5) is 0. The van der Waals surface area contributed by atoms with Crippen LogP contribution in [0.5, 0.6) is 0 Å². The van der Waals surface area contributed by atoms with Crippen molar-refractivity contribution in [1.29, 1.82) is 0 Å². The fraction of sp³-hybridized carbons (Fsp3) is 0.231. The van der Waals surface area contributed by atoms with Crippen molar-refractivity contribution in [2.24, 2.45) is 0 Å². The summed E-state index contributed by atoms with van der Waals surface area (Å²) in [6, 6.07) is 10.6. The van der Waals surface area contributed by atoms with E-state index in [0.29, 0.717) is 6.42 Å². The lowest BCUT2D eigenvalue weighted by molar-refractivity contribution is 0.189. The zero-order valence-electron chi connectivity index (χ0n) is 8.37. The molecule has 77 valence electrons. The third-order valence-electron chi connectivity index (χ3n) is 2.48. The number of hydrogen-bond acceptors (Lipinski definition) is 0. The van der Waals surface area contributed by atoms with E-state index in [1.807, 2.05) is 18.2 Å². The molecule has 2 aromatic carbocycles. The normalized spacial score (nSPS) is 10.8. The minimum absolute atomic E-state index is 0.0402. The van der Waals surface area contributed by atoms with Crippen molar-refractivity contribution >= 4 is 10.8 Å². The summed E-state index contributed by atoms with van der Waals surface area (Å²) >= 11 is 0. The van der Waals surface area contributed by atoms with E-state index in [1.165, 1.54) is 12.1 Å². The molecule has 0 aliphatic carbocycles. The van der Waals surface area contributed by atoms with E-state index in [2.05, 4.69) is 0 Å². The first kappa shape index (κ1) is 10.1. The molecular weight excluding hydrogens is 191 g/mol. The number of benzene rings is 2. The monoisotopic (exact) mass is 203 g/mol. The van der Waals surface area contributed by atoms with Crippen LogP contribution in [-0.4, -0.2) is 6.61 Å². The molecule has 0 aromatic heterocycles. The molecule has 1 nitrogen and oxygen atoms in total. The van der Waals surface area contributed by atoms with Gasteiger partial charge in [0.25, 0.3) is 0 Å². The average molecular weight is 203 g/mol. The Bertz CT molecular complexity index is 465. The van der Waals surface area contributed by atoms with Crippen LogP contribution in [0.1, 0.15) is 12.0 Å². The van der Waals surface area contributed by atoms with Crippen molar-refractivity contribution in [3.63, 3.8) is 0 Å². The highest BCUT2D eigenvalue weighted by Gasteiger charge is 1.98. The molecule has 1 radical (unpaired) electrons. The van der Waals surface area contributed by atoms with Gasteiger partial charge >= 0.3 is 0 Å². The lowest BCUT2D eigenvalue weighted by atomic mass is 10.0. The Morgan fingerprint density at radius 1 is 1.00 bits per heavy atom. The van der Waals surface area contributed by atoms with Gasteiger partial charge in [0.05, 0.1) is 6.61 Å². The fourth-order valence-electron chi connectivity index (χ4n) is 1.70. The quantitative estimate of drug-likeness (QED) is 0.729. The smallest absolute Gasteiger partial charge is 0.123 e. The summed E-state index contributed by atoms with van der Waals surface area (Å²) in [6.07, 6.45) is 1.46.